The molecule has 0 fully saturated rings. The molecule has 0 saturated carbocycles. The molecule has 2 rings (SSSR count). The largest absolute Gasteiger partial charge is 0.390 e. The van der Waals surface area contributed by atoms with Crippen LogP contribution in [0.25, 0.3) is 0 Å². The zero-order valence-corrected chi connectivity index (χ0v) is 17.2. The molecule has 1 heterocycles. The smallest absolute Gasteiger partial charge is 0.250 e. The van der Waals surface area contributed by atoms with E-state index in [0.29, 0.717) is 6.42 Å². The normalized spacial score (nSPS) is 23.9. The van der Waals surface area contributed by atoms with E-state index in [-0.39, 0.29) is 22.1 Å². The van der Waals surface area contributed by atoms with Crippen LogP contribution in [0.2, 0.25) is 0 Å². The van der Waals surface area contributed by atoms with Crippen molar-refractivity contribution in [1.82, 2.24) is 10.0 Å². The summed E-state index contributed by atoms with van der Waals surface area (Å²) < 4.78 is 27.1. The van der Waals surface area contributed by atoms with Gasteiger partial charge in [0, 0.05) is 12.0 Å². The molecule has 1 aromatic heterocycles. The van der Waals surface area contributed by atoms with Crippen LogP contribution in [0, 0.1) is 5.92 Å². The first-order valence-electron chi connectivity index (χ1n) is 8.74. The van der Waals surface area contributed by atoms with Crippen molar-refractivity contribution in [1.29, 1.82) is 0 Å². The van der Waals surface area contributed by atoms with Crippen LogP contribution < -0.4 is 15.8 Å². The Kier molecular flexibility index (Phi) is 7.34. The fourth-order valence-electron chi connectivity index (χ4n) is 2.86. The molecule has 2 amide bonds. The number of primary amides is 1. The first-order chi connectivity index (χ1) is 13.0. The van der Waals surface area contributed by atoms with Gasteiger partial charge in [-0.05, 0) is 23.8 Å². The molecule has 28 heavy (non-hydrogen) atoms. The lowest BCUT2D eigenvalue weighted by Gasteiger charge is -2.31. The lowest BCUT2D eigenvalue weighted by atomic mass is 9.90. The predicted octanol–water partition coefficient (Wildman–Crippen LogP) is -0.537. The number of nitrogens with one attached hydrogen (secondary N) is 2. The lowest BCUT2D eigenvalue weighted by Crippen LogP contribution is -2.52. The zero-order valence-electron chi connectivity index (χ0n) is 15.5. The summed E-state index contributed by atoms with van der Waals surface area (Å²) >= 11 is 0.999. The van der Waals surface area contributed by atoms with Crippen molar-refractivity contribution in [3.05, 3.63) is 29.2 Å². The predicted molar refractivity (Wildman–Crippen MR) is 104 cm³/mol. The minimum Gasteiger partial charge on any atom is -0.390 e. The van der Waals surface area contributed by atoms with Crippen LogP contribution in [0.3, 0.4) is 0 Å². The van der Waals surface area contributed by atoms with Gasteiger partial charge in [-0.1, -0.05) is 26.0 Å². The highest BCUT2D eigenvalue weighted by Crippen LogP contribution is 2.23. The molecule has 6 N–H and O–H groups in total. The summed E-state index contributed by atoms with van der Waals surface area (Å²) in [5.41, 5.74) is 5.39. The fourth-order valence-corrected chi connectivity index (χ4v) is 5.07. The highest BCUT2D eigenvalue weighted by molar-refractivity contribution is 7.91. The van der Waals surface area contributed by atoms with E-state index in [9.17, 15) is 28.2 Å². The first-order valence-corrected chi connectivity index (χ1v) is 11.1. The average Bonchev–Trinajstić information content (AvgIpc) is 3.13. The molecule has 1 aliphatic rings. The second kappa shape index (κ2) is 9.14. The zero-order chi connectivity index (χ0) is 21.1. The van der Waals surface area contributed by atoms with Crippen LogP contribution in [0.15, 0.2) is 33.4 Å². The molecule has 4 atom stereocenters. The van der Waals surface area contributed by atoms with Crippen molar-refractivity contribution in [2.45, 2.75) is 55.2 Å². The van der Waals surface area contributed by atoms with E-state index in [0.717, 1.165) is 11.3 Å². The second-order valence-electron chi connectivity index (χ2n) is 7.09. The molecule has 1 aliphatic carbocycles. The molecule has 1 aromatic rings. The van der Waals surface area contributed by atoms with Gasteiger partial charge in [-0.15, -0.1) is 11.3 Å². The highest BCUT2D eigenvalue weighted by atomic mass is 32.2. The van der Waals surface area contributed by atoms with Crippen LogP contribution in [0.1, 0.15) is 26.7 Å². The number of carbonyl (C=O) groups excluding carboxylic acids is 2. The molecule has 9 nitrogen and oxygen atoms in total. The van der Waals surface area contributed by atoms with Gasteiger partial charge in [0.15, 0.2) is 0 Å². The highest BCUT2D eigenvalue weighted by Gasteiger charge is 2.36. The minimum atomic E-state index is -3.93. The van der Waals surface area contributed by atoms with Crippen molar-refractivity contribution in [2.24, 2.45) is 11.7 Å². The van der Waals surface area contributed by atoms with Gasteiger partial charge in [-0.3, -0.25) is 9.59 Å². The maximum Gasteiger partial charge on any atom is 0.250 e. The number of aliphatic hydroxyl groups is 2. The standard InChI is InChI=1S/C17H25N3O6S2/c1-9(2)6-12(16(18)23)19-17(24)10-7-11(15(22)13(21)8-10)20-28(25,26)14-4-3-5-27-14/h3-5,7,9,11-13,15,20-22H,6,8H2,1-2H3,(H2,18,23)(H,19,24). The van der Waals surface area contributed by atoms with E-state index in [1.54, 1.807) is 11.4 Å². The number of hydrogen-bond acceptors (Lipinski definition) is 7. The Labute approximate surface area is 167 Å². The van der Waals surface area contributed by atoms with Crippen LogP contribution in [0.4, 0.5) is 0 Å². The summed E-state index contributed by atoms with van der Waals surface area (Å²) in [6.45, 7) is 3.74. The Balaban J connectivity index is 2.20. The molecule has 11 heteroatoms. The number of sulfonamides is 1. The Morgan fingerprint density at radius 1 is 1.36 bits per heavy atom. The quantitative estimate of drug-likeness (QED) is 0.372. The van der Waals surface area contributed by atoms with Gasteiger partial charge in [0.05, 0.1) is 12.1 Å². The molecular formula is C17H25N3O6S2. The lowest BCUT2D eigenvalue weighted by molar-refractivity contribution is -0.126. The topological polar surface area (TPSA) is 159 Å². The van der Waals surface area contributed by atoms with E-state index in [1.165, 1.54) is 12.1 Å². The van der Waals surface area contributed by atoms with Gasteiger partial charge in [0.2, 0.25) is 11.8 Å². The van der Waals surface area contributed by atoms with Crippen molar-refractivity contribution >= 4 is 33.2 Å². The maximum absolute atomic E-state index is 12.5. The van der Waals surface area contributed by atoms with E-state index < -0.39 is 46.1 Å². The van der Waals surface area contributed by atoms with Gasteiger partial charge in [-0.25, -0.2) is 13.1 Å². The van der Waals surface area contributed by atoms with Gasteiger partial charge in [0.1, 0.15) is 16.4 Å². The number of carbonyl (C=O) groups is 2. The number of aliphatic hydroxyl groups excluding tert-OH is 2. The number of nitrogens with two attached hydrogens (primary N) is 1. The molecule has 156 valence electrons. The van der Waals surface area contributed by atoms with E-state index in [4.69, 9.17) is 5.73 Å². The Bertz CT molecular complexity index is 835. The fraction of sp³-hybridized carbons (Fsp3) is 0.529. The molecule has 0 saturated heterocycles. The van der Waals surface area contributed by atoms with Crippen LogP contribution in [-0.2, 0) is 19.6 Å². The van der Waals surface area contributed by atoms with Gasteiger partial charge >= 0.3 is 0 Å². The van der Waals surface area contributed by atoms with Gasteiger partial charge in [0.25, 0.3) is 10.0 Å². The van der Waals surface area contributed by atoms with Crippen molar-refractivity contribution in [2.75, 3.05) is 0 Å². The Hall–Kier alpha value is -1.79. The van der Waals surface area contributed by atoms with Crippen molar-refractivity contribution in [3.63, 3.8) is 0 Å². The molecule has 0 spiro atoms. The molecule has 0 bridgehead atoms. The van der Waals surface area contributed by atoms with Crippen molar-refractivity contribution < 1.29 is 28.2 Å². The first kappa shape index (κ1) is 22.5. The Morgan fingerprint density at radius 2 is 2.04 bits per heavy atom. The summed E-state index contributed by atoms with van der Waals surface area (Å²) in [4.78, 5) is 24.1. The number of thiophene rings is 1. The number of hydrogen-bond donors (Lipinski definition) is 5. The molecular weight excluding hydrogens is 406 g/mol. The third-order valence-corrected chi connectivity index (χ3v) is 7.13. The SMILES string of the molecule is CC(C)CC(NC(=O)C1=CC(NS(=O)(=O)c2cccs2)C(O)C(O)C1)C(N)=O. The molecule has 0 radical (unpaired) electrons. The molecule has 0 aromatic carbocycles. The summed E-state index contributed by atoms with van der Waals surface area (Å²) in [6.07, 6.45) is -1.36. The van der Waals surface area contributed by atoms with E-state index in [2.05, 4.69) is 10.0 Å². The average molecular weight is 432 g/mol. The van der Waals surface area contributed by atoms with E-state index in [1.807, 2.05) is 13.8 Å². The third kappa shape index (κ3) is 5.61. The minimum absolute atomic E-state index is 0.0462. The summed E-state index contributed by atoms with van der Waals surface area (Å²) in [7, 11) is -3.93. The van der Waals surface area contributed by atoms with Crippen LogP contribution >= 0.6 is 11.3 Å². The molecule has 0 aliphatic heterocycles. The summed E-state index contributed by atoms with van der Waals surface area (Å²) in [6, 6.07) is 0.880. The maximum atomic E-state index is 12.5. The van der Waals surface area contributed by atoms with Gasteiger partial charge in [-0.2, -0.15) is 0 Å². The monoisotopic (exact) mass is 431 g/mol. The number of amides is 2. The van der Waals surface area contributed by atoms with Crippen LogP contribution in [-0.4, -0.2) is 54.7 Å². The van der Waals surface area contributed by atoms with Crippen LogP contribution in [0.5, 0.6) is 0 Å². The second-order valence-corrected chi connectivity index (χ2v) is 9.98. The summed E-state index contributed by atoms with van der Waals surface area (Å²) in [5, 5.41) is 24.4. The van der Waals surface area contributed by atoms with Gasteiger partial charge < -0.3 is 21.3 Å². The van der Waals surface area contributed by atoms with Crippen molar-refractivity contribution in [3.8, 4) is 0 Å². The third-order valence-electron chi connectivity index (χ3n) is 4.27. The molecule has 4 unspecified atom stereocenters. The Morgan fingerprint density at radius 3 is 2.57 bits per heavy atom. The summed E-state index contributed by atoms with van der Waals surface area (Å²) in [5.74, 6) is -1.22. The number of rotatable bonds is 8. The van der Waals surface area contributed by atoms with E-state index >= 15 is 0 Å².